The van der Waals surface area contributed by atoms with E-state index in [1.807, 2.05) is 12.1 Å². The van der Waals surface area contributed by atoms with Crippen molar-refractivity contribution in [3.8, 4) is 0 Å². The minimum atomic E-state index is -0.464. The summed E-state index contributed by atoms with van der Waals surface area (Å²) in [6, 6.07) is 3.90. The fourth-order valence-electron chi connectivity index (χ4n) is 2.09. The number of rotatable bonds is 2. The third-order valence-corrected chi connectivity index (χ3v) is 3.17. The first-order chi connectivity index (χ1) is 8.00. The molecule has 4 heteroatoms. The van der Waals surface area contributed by atoms with Gasteiger partial charge in [-0.15, -0.1) is 0 Å². The quantitative estimate of drug-likeness (QED) is 0.849. The number of morpholine rings is 1. The molecule has 94 valence electrons. The Morgan fingerprint density at radius 3 is 2.76 bits per heavy atom. The van der Waals surface area contributed by atoms with Crippen molar-refractivity contribution in [3.63, 3.8) is 0 Å². The Bertz CT molecular complexity index is 374. The Balaban J connectivity index is 2.21. The van der Waals surface area contributed by atoms with Gasteiger partial charge in [-0.1, -0.05) is 6.07 Å². The van der Waals surface area contributed by atoms with Crippen molar-refractivity contribution < 1.29 is 9.84 Å². The van der Waals surface area contributed by atoms with Gasteiger partial charge in [0.1, 0.15) is 5.82 Å². The van der Waals surface area contributed by atoms with Crippen LogP contribution in [0.3, 0.4) is 0 Å². The first-order valence-corrected chi connectivity index (χ1v) is 6.00. The van der Waals surface area contributed by atoms with Crippen molar-refractivity contribution in [1.82, 2.24) is 4.98 Å². The van der Waals surface area contributed by atoms with Gasteiger partial charge >= 0.3 is 0 Å². The molecule has 2 heterocycles. The van der Waals surface area contributed by atoms with Crippen LogP contribution in [0.15, 0.2) is 18.3 Å². The van der Waals surface area contributed by atoms with Crippen molar-refractivity contribution in [2.24, 2.45) is 0 Å². The fraction of sp³-hybridized carbons (Fsp3) is 0.615. The molecule has 0 spiro atoms. The summed E-state index contributed by atoms with van der Waals surface area (Å²) in [5.41, 5.74) is 0.817. The molecule has 0 amide bonds. The zero-order valence-corrected chi connectivity index (χ0v) is 10.7. The third kappa shape index (κ3) is 2.58. The number of aliphatic hydroxyl groups is 1. The van der Waals surface area contributed by atoms with E-state index in [1.54, 1.807) is 13.1 Å². The van der Waals surface area contributed by atoms with E-state index in [4.69, 9.17) is 4.74 Å². The zero-order chi connectivity index (χ0) is 12.5. The number of nitrogens with zero attached hydrogens (tertiary/aromatic N) is 2. The average Bonchev–Trinajstić information content (AvgIpc) is 2.28. The lowest BCUT2D eigenvalue weighted by Gasteiger charge is -2.43. The summed E-state index contributed by atoms with van der Waals surface area (Å²) < 4.78 is 5.49. The fourth-order valence-corrected chi connectivity index (χ4v) is 2.09. The van der Waals surface area contributed by atoms with E-state index in [-0.39, 0.29) is 5.54 Å². The van der Waals surface area contributed by atoms with Crippen molar-refractivity contribution in [1.29, 1.82) is 0 Å². The maximum Gasteiger partial charge on any atom is 0.129 e. The van der Waals surface area contributed by atoms with Crippen molar-refractivity contribution >= 4 is 5.82 Å². The molecule has 17 heavy (non-hydrogen) atoms. The van der Waals surface area contributed by atoms with Gasteiger partial charge < -0.3 is 14.7 Å². The summed E-state index contributed by atoms with van der Waals surface area (Å²) in [5, 5.41) is 9.45. The molecule has 0 bridgehead atoms. The highest BCUT2D eigenvalue weighted by molar-refractivity contribution is 5.43. The van der Waals surface area contributed by atoms with Gasteiger partial charge in [0.15, 0.2) is 0 Å². The normalized spacial score (nSPS) is 21.3. The molecule has 1 aromatic rings. The lowest BCUT2D eigenvalue weighted by molar-refractivity contribution is 0.0639. The molecule has 0 aliphatic carbocycles. The number of ether oxygens (including phenoxy) is 1. The van der Waals surface area contributed by atoms with E-state index in [0.29, 0.717) is 6.61 Å². The van der Waals surface area contributed by atoms with Crippen LogP contribution in [0.4, 0.5) is 5.82 Å². The Hall–Kier alpha value is -1.13. The Kier molecular flexibility index (Phi) is 3.35. The highest BCUT2D eigenvalue weighted by atomic mass is 16.5. The Morgan fingerprint density at radius 2 is 2.24 bits per heavy atom. The Labute approximate surface area is 102 Å². The first kappa shape index (κ1) is 12.3. The van der Waals surface area contributed by atoms with Crippen LogP contribution in [0, 0.1) is 0 Å². The van der Waals surface area contributed by atoms with E-state index in [9.17, 15) is 5.11 Å². The highest BCUT2D eigenvalue weighted by Gasteiger charge is 2.31. The summed E-state index contributed by atoms with van der Waals surface area (Å²) in [6.07, 6.45) is 1.28. The van der Waals surface area contributed by atoms with Crippen LogP contribution in [0.2, 0.25) is 0 Å². The van der Waals surface area contributed by atoms with Crippen molar-refractivity contribution in [2.45, 2.75) is 32.4 Å². The predicted molar refractivity (Wildman–Crippen MR) is 67.1 cm³/mol. The van der Waals surface area contributed by atoms with Crippen LogP contribution in [0.5, 0.6) is 0 Å². The summed E-state index contributed by atoms with van der Waals surface area (Å²) in [6.45, 7) is 8.35. The van der Waals surface area contributed by atoms with Crippen LogP contribution < -0.4 is 4.90 Å². The van der Waals surface area contributed by atoms with Gasteiger partial charge in [0.2, 0.25) is 0 Å². The second kappa shape index (κ2) is 4.63. The molecule has 1 saturated heterocycles. The first-order valence-electron chi connectivity index (χ1n) is 6.00. The number of hydrogen-bond acceptors (Lipinski definition) is 4. The summed E-state index contributed by atoms with van der Waals surface area (Å²) in [7, 11) is 0. The maximum absolute atomic E-state index is 9.45. The van der Waals surface area contributed by atoms with Crippen molar-refractivity contribution in [2.75, 3.05) is 24.7 Å². The minimum Gasteiger partial charge on any atom is -0.389 e. The van der Waals surface area contributed by atoms with Crippen LogP contribution in [0.1, 0.15) is 32.4 Å². The second-order valence-electron chi connectivity index (χ2n) is 5.14. The smallest absolute Gasteiger partial charge is 0.129 e. The van der Waals surface area contributed by atoms with E-state index in [2.05, 4.69) is 23.7 Å². The molecule has 0 aromatic carbocycles. The van der Waals surface area contributed by atoms with Gasteiger partial charge in [-0.25, -0.2) is 4.98 Å². The number of aromatic nitrogens is 1. The predicted octanol–water partition coefficient (Wildman–Crippen LogP) is 1.75. The van der Waals surface area contributed by atoms with Gasteiger partial charge in [0.25, 0.3) is 0 Å². The summed E-state index contributed by atoms with van der Waals surface area (Å²) >= 11 is 0. The second-order valence-corrected chi connectivity index (χ2v) is 5.14. The standard InChI is InChI=1S/C13H20N2O2/c1-10(16)11-4-5-12(14-8-11)15-6-7-17-9-13(15,2)3/h4-5,8,10,16H,6-7,9H2,1-3H3/t10-/m0/s1. The number of aliphatic hydroxyl groups excluding tert-OH is 1. The third-order valence-electron chi connectivity index (χ3n) is 3.17. The molecule has 1 N–H and O–H groups in total. The number of anilines is 1. The molecule has 1 atom stereocenters. The van der Waals surface area contributed by atoms with Crippen LogP contribution in [-0.2, 0) is 4.74 Å². The zero-order valence-electron chi connectivity index (χ0n) is 10.7. The van der Waals surface area contributed by atoms with Crippen molar-refractivity contribution in [3.05, 3.63) is 23.9 Å². The number of pyridine rings is 1. The van der Waals surface area contributed by atoms with E-state index in [0.717, 1.165) is 24.5 Å². The van der Waals surface area contributed by atoms with E-state index < -0.39 is 6.10 Å². The molecule has 4 nitrogen and oxygen atoms in total. The molecule has 1 aliphatic rings. The lowest BCUT2D eigenvalue weighted by atomic mass is 10.0. The lowest BCUT2D eigenvalue weighted by Crippen LogP contribution is -2.53. The van der Waals surface area contributed by atoms with Gasteiger partial charge in [0.05, 0.1) is 24.9 Å². The molecule has 0 radical (unpaired) electrons. The molecular formula is C13H20N2O2. The van der Waals surface area contributed by atoms with Gasteiger partial charge in [-0.3, -0.25) is 0 Å². The molecule has 1 fully saturated rings. The molecule has 0 saturated carbocycles. The molecule has 1 aromatic heterocycles. The van der Waals surface area contributed by atoms with Gasteiger partial charge in [0, 0.05) is 12.7 Å². The SMILES string of the molecule is C[C@H](O)c1ccc(N2CCOCC2(C)C)nc1. The van der Waals surface area contributed by atoms with Crippen LogP contribution in [-0.4, -0.2) is 35.4 Å². The molecular weight excluding hydrogens is 216 g/mol. The monoisotopic (exact) mass is 236 g/mol. The van der Waals surface area contributed by atoms with Gasteiger partial charge in [-0.05, 0) is 32.4 Å². The largest absolute Gasteiger partial charge is 0.389 e. The van der Waals surface area contributed by atoms with Crippen LogP contribution >= 0.6 is 0 Å². The number of hydrogen-bond donors (Lipinski definition) is 1. The highest BCUT2D eigenvalue weighted by Crippen LogP contribution is 2.25. The minimum absolute atomic E-state index is 0.0302. The molecule has 1 aliphatic heterocycles. The van der Waals surface area contributed by atoms with Crippen LogP contribution in [0.25, 0.3) is 0 Å². The topological polar surface area (TPSA) is 45.6 Å². The maximum atomic E-state index is 9.45. The summed E-state index contributed by atoms with van der Waals surface area (Å²) in [5.74, 6) is 0.947. The Morgan fingerprint density at radius 1 is 1.47 bits per heavy atom. The molecule has 0 unspecified atom stereocenters. The van der Waals surface area contributed by atoms with E-state index in [1.165, 1.54) is 0 Å². The summed E-state index contributed by atoms with van der Waals surface area (Å²) in [4.78, 5) is 6.68. The molecule has 2 rings (SSSR count). The van der Waals surface area contributed by atoms with E-state index >= 15 is 0 Å². The average molecular weight is 236 g/mol. The van der Waals surface area contributed by atoms with Gasteiger partial charge in [-0.2, -0.15) is 0 Å².